The summed E-state index contributed by atoms with van der Waals surface area (Å²) in [4.78, 5) is 32.0. The Hall–Kier alpha value is -3.46. The number of carbonyl (C=O) groups is 1. The van der Waals surface area contributed by atoms with Gasteiger partial charge in [-0.05, 0) is 76.1 Å². The molecule has 5 heterocycles. The van der Waals surface area contributed by atoms with Crippen LogP contribution >= 0.6 is 23.5 Å². The quantitative estimate of drug-likeness (QED) is 0.174. The van der Waals surface area contributed by atoms with E-state index in [1.165, 1.54) is 47.4 Å². The fourth-order valence-corrected chi connectivity index (χ4v) is 11.3. The average Bonchev–Trinajstić information content (AvgIpc) is 3.98. The van der Waals surface area contributed by atoms with Crippen molar-refractivity contribution in [1.82, 2.24) is 19.8 Å². The van der Waals surface area contributed by atoms with Gasteiger partial charge in [-0.2, -0.15) is 15.2 Å². The molecule has 1 aromatic heterocycles. The van der Waals surface area contributed by atoms with E-state index in [4.69, 9.17) is 14.7 Å². The van der Waals surface area contributed by atoms with Gasteiger partial charge in [-0.25, -0.2) is 0 Å². The maximum Gasteiger partial charge on any atom is 0.318 e. The van der Waals surface area contributed by atoms with E-state index in [0.29, 0.717) is 54.2 Å². The second kappa shape index (κ2) is 12.9. The van der Waals surface area contributed by atoms with Crippen LogP contribution in [0.1, 0.15) is 56.4 Å². The van der Waals surface area contributed by atoms with Crippen LogP contribution in [0.25, 0.3) is 10.8 Å². The van der Waals surface area contributed by atoms with Crippen molar-refractivity contribution in [2.75, 3.05) is 49.6 Å². The number of nitriles is 1. The summed E-state index contributed by atoms with van der Waals surface area (Å²) in [6.07, 6.45) is 6.52. The first kappa shape index (κ1) is 33.7. The Bertz CT molecular complexity index is 1870. The number of rotatable bonds is 10. The highest BCUT2D eigenvalue weighted by atomic mass is 32.2. The smallest absolute Gasteiger partial charge is 0.318 e. The number of ether oxygens (including phenoxy) is 1. The number of benzene rings is 2. The summed E-state index contributed by atoms with van der Waals surface area (Å²) in [7, 11) is 2.29. The van der Waals surface area contributed by atoms with Crippen LogP contribution in [0.3, 0.4) is 0 Å². The van der Waals surface area contributed by atoms with Crippen molar-refractivity contribution in [3.63, 3.8) is 0 Å². The largest absolute Gasteiger partial charge is 0.462 e. The van der Waals surface area contributed by atoms with Crippen molar-refractivity contribution < 1.29 is 9.53 Å². The second-order valence-electron chi connectivity index (χ2n) is 14.9. The van der Waals surface area contributed by atoms with Crippen molar-refractivity contribution in [3.8, 4) is 12.1 Å². The Balaban J connectivity index is 1.06. The zero-order chi connectivity index (χ0) is 34.8. The molecule has 2 unspecified atom stereocenters. The van der Waals surface area contributed by atoms with Crippen molar-refractivity contribution in [1.29, 1.82) is 5.26 Å². The molecule has 8 rings (SSSR count). The molecule has 50 heavy (non-hydrogen) atoms. The van der Waals surface area contributed by atoms with Crippen LogP contribution in [0.15, 0.2) is 49.1 Å². The summed E-state index contributed by atoms with van der Waals surface area (Å²) in [5, 5.41) is 13.1. The number of carbonyl (C=O) groups excluding carboxylic acids is 1. The molecule has 11 heteroatoms. The molecule has 5 atom stereocenters. The molecule has 3 saturated heterocycles. The van der Waals surface area contributed by atoms with Gasteiger partial charge in [0.1, 0.15) is 12.4 Å². The van der Waals surface area contributed by atoms with Crippen LogP contribution in [0.2, 0.25) is 0 Å². The predicted molar refractivity (Wildman–Crippen MR) is 204 cm³/mol. The lowest BCUT2D eigenvalue weighted by atomic mass is 9.76. The third kappa shape index (κ3) is 5.81. The molecule has 0 radical (unpaired) electrons. The molecule has 5 aliphatic rings. The number of nitrogens with zero attached hydrogens (tertiary/aromatic N) is 7. The summed E-state index contributed by atoms with van der Waals surface area (Å²) < 4.78 is 6.92. The van der Waals surface area contributed by atoms with Gasteiger partial charge in [0, 0.05) is 47.6 Å². The molecule has 1 aliphatic carbocycles. The summed E-state index contributed by atoms with van der Waals surface area (Å²) in [5.41, 5.74) is 4.60. The minimum Gasteiger partial charge on any atom is -0.462 e. The standard InChI is InChI=1S/C39H47N7O2S2/c1-6-33(47)46-21-20-45(22-28(46)16-18-40)35-29-17-19-44(31-15-8-12-26-11-7-10-25(2)34(26)31)23-30(29)41-37(42-35)48-24-32-39(4,49-32)43(5)36-38(3,50-36)27-13-9-14-27/h6-8,10-12,15,27-28,32,36H,1,9,13-14,16-17,19-24H2,2-5H3/t28-,32?,36?,38-,39-/m0/s1. The number of hydrogen-bond donors (Lipinski definition) is 0. The van der Waals surface area contributed by atoms with E-state index in [9.17, 15) is 10.1 Å². The third-order valence-electron chi connectivity index (χ3n) is 12.1. The topological polar surface area (TPSA) is 88.8 Å². The normalized spacial score (nSPS) is 29.0. The molecule has 2 aromatic carbocycles. The number of aromatic nitrogens is 2. The molecular formula is C39H47N7O2S2. The number of anilines is 2. The number of amides is 1. The van der Waals surface area contributed by atoms with Gasteiger partial charge in [0.2, 0.25) is 5.91 Å². The Morgan fingerprint density at radius 2 is 1.94 bits per heavy atom. The number of aryl methyl sites for hydroxylation is 1. The van der Waals surface area contributed by atoms with Crippen LogP contribution in [0.5, 0.6) is 6.01 Å². The van der Waals surface area contributed by atoms with Crippen molar-refractivity contribution in [3.05, 3.63) is 65.9 Å². The molecule has 0 N–H and O–H groups in total. The number of fused-ring (bicyclic) bond motifs is 2. The molecule has 3 aromatic rings. The second-order valence-corrected chi connectivity index (χ2v) is 18.1. The van der Waals surface area contributed by atoms with Gasteiger partial charge in [-0.15, -0.1) is 23.5 Å². The molecule has 262 valence electrons. The van der Waals surface area contributed by atoms with Crippen molar-refractivity contribution in [2.45, 2.75) is 85.7 Å². The first-order valence-corrected chi connectivity index (χ1v) is 19.8. The minimum absolute atomic E-state index is 0.0395. The van der Waals surface area contributed by atoms with E-state index < -0.39 is 0 Å². The van der Waals surface area contributed by atoms with E-state index in [-0.39, 0.29) is 23.2 Å². The first-order valence-electron chi connectivity index (χ1n) is 18.0. The van der Waals surface area contributed by atoms with Gasteiger partial charge in [0.05, 0.1) is 46.3 Å². The van der Waals surface area contributed by atoms with E-state index in [2.05, 4.69) is 103 Å². The zero-order valence-electron chi connectivity index (χ0n) is 29.6. The summed E-state index contributed by atoms with van der Waals surface area (Å²) in [6, 6.07) is 15.5. The van der Waals surface area contributed by atoms with Crippen LogP contribution in [-0.2, 0) is 17.8 Å². The fourth-order valence-electron chi connectivity index (χ4n) is 8.51. The summed E-state index contributed by atoms with van der Waals surface area (Å²) in [6.45, 7) is 14.4. The van der Waals surface area contributed by atoms with Crippen molar-refractivity contribution >= 4 is 51.7 Å². The Morgan fingerprint density at radius 3 is 2.68 bits per heavy atom. The minimum atomic E-state index is -0.238. The lowest BCUT2D eigenvalue weighted by Crippen LogP contribution is -2.55. The maximum absolute atomic E-state index is 12.7. The Morgan fingerprint density at radius 1 is 1.14 bits per heavy atom. The SMILES string of the molecule is C=CC(=O)N1CCN(c2nc(OCC3S[C@]3(C)N(C)C3S[C@@]3(C)C3CCC3)nc3c2CCN(c2cccc4cccc(C)c24)C3)C[C@@H]1CC#N. The molecule has 1 saturated carbocycles. The highest BCUT2D eigenvalue weighted by molar-refractivity contribution is 8.09. The molecular weight excluding hydrogens is 663 g/mol. The zero-order valence-corrected chi connectivity index (χ0v) is 31.2. The first-order chi connectivity index (χ1) is 24.1. The van der Waals surface area contributed by atoms with E-state index in [0.717, 1.165) is 36.0 Å². The molecule has 9 nitrogen and oxygen atoms in total. The molecule has 0 spiro atoms. The van der Waals surface area contributed by atoms with Crippen LogP contribution in [-0.4, -0.2) is 91.8 Å². The van der Waals surface area contributed by atoms with Crippen LogP contribution < -0.4 is 14.5 Å². The molecule has 0 bridgehead atoms. The van der Waals surface area contributed by atoms with Gasteiger partial charge < -0.3 is 19.4 Å². The van der Waals surface area contributed by atoms with E-state index in [1.54, 1.807) is 4.90 Å². The van der Waals surface area contributed by atoms with E-state index >= 15 is 0 Å². The Labute approximate surface area is 304 Å². The highest BCUT2D eigenvalue weighted by Gasteiger charge is 2.66. The van der Waals surface area contributed by atoms with Gasteiger partial charge in [-0.1, -0.05) is 43.3 Å². The lowest BCUT2D eigenvalue weighted by molar-refractivity contribution is -0.128. The fraction of sp³-hybridized carbons (Fsp3) is 0.538. The monoisotopic (exact) mass is 709 g/mol. The maximum atomic E-state index is 12.7. The molecule has 1 amide bonds. The van der Waals surface area contributed by atoms with Gasteiger partial charge in [0.25, 0.3) is 0 Å². The lowest BCUT2D eigenvalue weighted by Gasteiger charge is -2.42. The Kier molecular flexibility index (Phi) is 8.72. The predicted octanol–water partition coefficient (Wildman–Crippen LogP) is 6.39. The number of thioether (sulfide) groups is 2. The number of piperazine rings is 1. The van der Waals surface area contributed by atoms with Gasteiger partial charge >= 0.3 is 6.01 Å². The van der Waals surface area contributed by atoms with Gasteiger partial charge in [-0.3, -0.25) is 9.69 Å². The molecule has 4 aliphatic heterocycles. The third-order valence-corrected chi connectivity index (χ3v) is 15.6. The van der Waals surface area contributed by atoms with Crippen LogP contribution in [0.4, 0.5) is 11.5 Å². The summed E-state index contributed by atoms with van der Waals surface area (Å²) >= 11 is 4.12. The van der Waals surface area contributed by atoms with Gasteiger partial charge in [0.15, 0.2) is 0 Å². The average molecular weight is 710 g/mol. The highest BCUT2D eigenvalue weighted by Crippen LogP contribution is 2.68. The van der Waals surface area contributed by atoms with Crippen molar-refractivity contribution in [2.24, 2.45) is 5.92 Å². The number of hydrogen-bond acceptors (Lipinski definition) is 10. The summed E-state index contributed by atoms with van der Waals surface area (Å²) in [5.74, 6) is 1.60. The molecule has 4 fully saturated rings. The van der Waals surface area contributed by atoms with E-state index in [1.807, 2.05) is 11.8 Å². The van der Waals surface area contributed by atoms with Crippen LogP contribution in [0, 0.1) is 24.2 Å².